The Kier molecular flexibility index (Phi) is 5.84. The topological polar surface area (TPSA) is 69.9 Å². The van der Waals surface area contributed by atoms with Gasteiger partial charge in [-0.3, -0.25) is 0 Å². The molecule has 4 nitrogen and oxygen atoms in total. The fourth-order valence-electron chi connectivity index (χ4n) is 3.99. The summed E-state index contributed by atoms with van der Waals surface area (Å²) in [4.78, 5) is 0. The third kappa shape index (κ3) is 2.82. The van der Waals surface area contributed by atoms with Gasteiger partial charge in [0.05, 0.1) is 12.0 Å². The zero-order valence-corrected chi connectivity index (χ0v) is 14.5. The maximum absolute atomic E-state index is 10.1. The van der Waals surface area contributed by atoms with Crippen LogP contribution in [0.5, 0.6) is 0 Å². The van der Waals surface area contributed by atoms with Crippen molar-refractivity contribution in [1.29, 1.82) is 0 Å². The number of ether oxygens (including phenoxy) is 1. The van der Waals surface area contributed by atoms with E-state index >= 15 is 0 Å². The maximum Gasteiger partial charge on any atom is 0.149 e. The van der Waals surface area contributed by atoms with E-state index in [0.29, 0.717) is 16.6 Å². The number of rotatable bonds is 5. The molecule has 0 aromatic carbocycles. The van der Waals surface area contributed by atoms with Crippen molar-refractivity contribution in [3.8, 4) is 0 Å². The van der Waals surface area contributed by atoms with Crippen molar-refractivity contribution in [3.63, 3.8) is 0 Å². The molecule has 20 heavy (non-hydrogen) atoms. The molecular weight excluding hydrogens is 272 g/mol. The molecule has 5 heteroatoms. The third-order valence-electron chi connectivity index (χ3n) is 4.80. The van der Waals surface area contributed by atoms with Crippen LogP contribution in [0.2, 0.25) is 16.6 Å². The summed E-state index contributed by atoms with van der Waals surface area (Å²) in [5.74, 6) is 0. The van der Waals surface area contributed by atoms with Gasteiger partial charge in [-0.15, -0.1) is 0 Å². The van der Waals surface area contributed by atoms with Crippen LogP contribution < -0.4 is 0 Å². The van der Waals surface area contributed by atoms with Crippen molar-refractivity contribution < 1.29 is 20.1 Å². The second-order valence-corrected chi connectivity index (χ2v) is 12.6. The largest absolute Gasteiger partial charge is 0.495 e. The van der Waals surface area contributed by atoms with Crippen molar-refractivity contribution >= 4 is 8.07 Å². The number of hydrogen-bond acceptors (Lipinski definition) is 4. The van der Waals surface area contributed by atoms with E-state index in [1.165, 1.54) is 0 Å². The summed E-state index contributed by atoms with van der Waals surface area (Å²) in [6.45, 7) is 13.0. The number of aliphatic hydroxyl groups excluding tert-OH is 3. The summed E-state index contributed by atoms with van der Waals surface area (Å²) in [5, 5.41) is 30.1. The molecule has 0 fully saturated rings. The first-order chi connectivity index (χ1) is 9.19. The molecule has 0 aromatic rings. The van der Waals surface area contributed by atoms with E-state index < -0.39 is 26.4 Å². The maximum atomic E-state index is 10.1. The summed E-state index contributed by atoms with van der Waals surface area (Å²) >= 11 is 0. The van der Waals surface area contributed by atoms with Gasteiger partial charge >= 0.3 is 0 Å². The molecule has 0 spiro atoms. The van der Waals surface area contributed by atoms with Crippen LogP contribution in [0, 0.1) is 0 Å². The molecule has 0 radical (unpaired) electrons. The lowest BCUT2D eigenvalue weighted by atomic mass is 10.1. The lowest BCUT2D eigenvalue weighted by Crippen LogP contribution is -2.53. The summed E-state index contributed by atoms with van der Waals surface area (Å²) in [5.41, 5.74) is 1.36. The number of aliphatic hydroxyl groups is 3. The molecular formula is C15H30O4Si. The van der Waals surface area contributed by atoms with E-state index in [-0.39, 0.29) is 6.61 Å². The Morgan fingerprint density at radius 3 is 1.85 bits per heavy atom. The average molecular weight is 302 g/mol. The van der Waals surface area contributed by atoms with Crippen LogP contribution in [0.3, 0.4) is 0 Å². The molecule has 0 aromatic heterocycles. The second kappa shape index (κ2) is 6.60. The van der Waals surface area contributed by atoms with Gasteiger partial charge in [0.1, 0.15) is 26.4 Å². The predicted octanol–water partition coefficient (Wildman–Crippen LogP) is 2.20. The Balaban J connectivity index is 3.31. The van der Waals surface area contributed by atoms with Gasteiger partial charge in [-0.2, -0.15) is 0 Å². The highest BCUT2D eigenvalue weighted by atomic mass is 28.3. The molecule has 1 aliphatic heterocycles. The Bertz CT molecular complexity index is 330. The van der Waals surface area contributed by atoms with E-state index in [4.69, 9.17) is 4.74 Å². The Labute approximate surface area is 123 Å². The highest BCUT2D eigenvalue weighted by molar-refractivity contribution is 6.89. The van der Waals surface area contributed by atoms with Crippen LogP contribution in [0.25, 0.3) is 0 Å². The monoisotopic (exact) mass is 302 g/mol. The van der Waals surface area contributed by atoms with Gasteiger partial charge in [0.15, 0.2) is 0 Å². The summed E-state index contributed by atoms with van der Waals surface area (Å²) in [6.07, 6.45) is -1.06. The first kappa shape index (κ1) is 17.7. The highest BCUT2D eigenvalue weighted by Gasteiger charge is 2.50. The van der Waals surface area contributed by atoms with Gasteiger partial charge in [-0.1, -0.05) is 41.5 Å². The summed E-state index contributed by atoms with van der Waals surface area (Å²) in [7, 11) is -2.00. The molecule has 3 atom stereocenters. The van der Waals surface area contributed by atoms with Crippen LogP contribution in [0.1, 0.15) is 41.5 Å². The molecule has 0 bridgehead atoms. The van der Waals surface area contributed by atoms with E-state index in [9.17, 15) is 15.3 Å². The Morgan fingerprint density at radius 2 is 1.50 bits per heavy atom. The van der Waals surface area contributed by atoms with Crippen molar-refractivity contribution in [1.82, 2.24) is 0 Å². The van der Waals surface area contributed by atoms with Crippen molar-refractivity contribution in [2.75, 3.05) is 6.61 Å². The average Bonchev–Trinajstić information content (AvgIpc) is 2.32. The molecule has 1 rings (SSSR count). The van der Waals surface area contributed by atoms with Crippen LogP contribution >= 0.6 is 0 Å². The zero-order valence-electron chi connectivity index (χ0n) is 13.5. The van der Waals surface area contributed by atoms with Gasteiger partial charge in [-0.25, -0.2) is 0 Å². The van der Waals surface area contributed by atoms with Crippen LogP contribution in [-0.2, 0) is 4.74 Å². The molecule has 3 N–H and O–H groups in total. The quantitative estimate of drug-likeness (QED) is 0.681. The van der Waals surface area contributed by atoms with Crippen LogP contribution in [0.15, 0.2) is 11.5 Å². The van der Waals surface area contributed by atoms with Gasteiger partial charge in [-0.05, 0) is 22.7 Å². The number of hydrogen-bond donors (Lipinski definition) is 3. The minimum Gasteiger partial charge on any atom is -0.495 e. The minimum absolute atomic E-state index is 0.283. The van der Waals surface area contributed by atoms with Gasteiger partial charge in [0.2, 0.25) is 0 Å². The summed E-state index contributed by atoms with van der Waals surface area (Å²) in [6, 6.07) is 0. The van der Waals surface area contributed by atoms with E-state index in [1.54, 1.807) is 6.08 Å². The SMILES string of the molecule is CC(C)[Si](C1=C[C@@H](O)[C@H](O)[C@@H](CO)O1)(C(C)C)C(C)C. The normalized spacial score (nSPS) is 28.0. The Morgan fingerprint density at radius 1 is 1.05 bits per heavy atom. The molecule has 0 amide bonds. The molecule has 1 aliphatic rings. The fraction of sp³-hybridized carbons (Fsp3) is 0.867. The fourth-order valence-corrected chi connectivity index (χ4v) is 10.5. The van der Waals surface area contributed by atoms with Gasteiger partial charge in [0.25, 0.3) is 0 Å². The van der Waals surface area contributed by atoms with Crippen molar-refractivity contribution in [2.45, 2.75) is 76.5 Å². The Hall–Kier alpha value is -0.363. The van der Waals surface area contributed by atoms with Crippen LogP contribution in [0.4, 0.5) is 0 Å². The molecule has 0 saturated heterocycles. The molecule has 0 saturated carbocycles. The van der Waals surface area contributed by atoms with Gasteiger partial charge < -0.3 is 20.1 Å². The third-order valence-corrected chi connectivity index (χ3v) is 11.7. The second-order valence-electron chi connectivity index (χ2n) is 6.75. The lowest BCUT2D eigenvalue weighted by Gasteiger charge is -2.47. The molecule has 0 unspecified atom stereocenters. The first-order valence-corrected chi connectivity index (χ1v) is 9.78. The van der Waals surface area contributed by atoms with E-state index in [0.717, 1.165) is 5.38 Å². The van der Waals surface area contributed by atoms with Crippen LogP contribution in [-0.4, -0.2) is 48.3 Å². The van der Waals surface area contributed by atoms with E-state index in [2.05, 4.69) is 41.5 Å². The summed E-state index contributed by atoms with van der Waals surface area (Å²) < 4.78 is 5.93. The van der Waals surface area contributed by atoms with Crippen molar-refractivity contribution in [3.05, 3.63) is 11.5 Å². The molecule has 0 aliphatic carbocycles. The smallest absolute Gasteiger partial charge is 0.149 e. The first-order valence-electron chi connectivity index (χ1n) is 7.55. The molecule has 118 valence electrons. The minimum atomic E-state index is -2.00. The van der Waals surface area contributed by atoms with Crippen molar-refractivity contribution in [2.24, 2.45) is 0 Å². The highest BCUT2D eigenvalue weighted by Crippen LogP contribution is 2.48. The lowest BCUT2D eigenvalue weighted by molar-refractivity contribution is -0.0861. The zero-order chi connectivity index (χ0) is 15.7. The standard InChI is InChI=1S/C15H30O4Si/c1-9(2)20(10(3)4,11(5)6)14-7-12(17)15(18)13(8-16)19-14/h7,9-13,15-18H,8H2,1-6H3/t12-,13-,15+/m1/s1. The van der Waals surface area contributed by atoms with Gasteiger partial charge in [0, 0.05) is 0 Å². The predicted molar refractivity (Wildman–Crippen MR) is 83.1 cm³/mol. The molecule has 1 heterocycles. The van der Waals surface area contributed by atoms with E-state index in [1.807, 2.05) is 0 Å².